The van der Waals surface area contributed by atoms with E-state index in [1.807, 2.05) is 30.3 Å². The number of carbonyl (C=O) groups is 1. The Bertz CT molecular complexity index is 768. The van der Waals surface area contributed by atoms with Crippen LogP contribution >= 0.6 is 0 Å². The summed E-state index contributed by atoms with van der Waals surface area (Å²) in [5.41, 5.74) is 3.06. The van der Waals surface area contributed by atoms with Gasteiger partial charge in [0.15, 0.2) is 11.5 Å². The number of amides is 1. The minimum atomic E-state index is -0.0370. The molecule has 3 rings (SSSR count). The van der Waals surface area contributed by atoms with Gasteiger partial charge >= 0.3 is 0 Å². The Balaban J connectivity index is 1.48. The maximum atomic E-state index is 12.4. The third-order valence-electron chi connectivity index (χ3n) is 5.22. The number of nitrogens with zero attached hydrogens (tertiary/aromatic N) is 1. The van der Waals surface area contributed by atoms with Crippen molar-refractivity contribution in [1.29, 1.82) is 0 Å². The van der Waals surface area contributed by atoms with Crippen LogP contribution in [0.3, 0.4) is 0 Å². The largest absolute Gasteiger partial charge is 0.493 e. The van der Waals surface area contributed by atoms with Crippen molar-refractivity contribution in [2.75, 3.05) is 33.9 Å². The van der Waals surface area contributed by atoms with Crippen molar-refractivity contribution in [2.24, 2.45) is 0 Å². The van der Waals surface area contributed by atoms with E-state index in [0.717, 1.165) is 18.5 Å². The highest BCUT2D eigenvalue weighted by Gasteiger charge is 2.11. The van der Waals surface area contributed by atoms with Crippen molar-refractivity contribution < 1.29 is 14.3 Å². The van der Waals surface area contributed by atoms with Crippen LogP contribution in [0, 0.1) is 0 Å². The molecule has 0 unspecified atom stereocenters. The van der Waals surface area contributed by atoms with Gasteiger partial charge in [0.1, 0.15) is 0 Å². The van der Waals surface area contributed by atoms with E-state index >= 15 is 0 Å². The molecule has 28 heavy (non-hydrogen) atoms. The molecule has 150 valence electrons. The summed E-state index contributed by atoms with van der Waals surface area (Å²) in [6.45, 7) is 3.90. The average molecular weight is 383 g/mol. The zero-order valence-corrected chi connectivity index (χ0v) is 16.9. The van der Waals surface area contributed by atoms with Crippen LogP contribution in [0.2, 0.25) is 0 Å². The van der Waals surface area contributed by atoms with Gasteiger partial charge in [-0.1, -0.05) is 24.6 Å². The van der Waals surface area contributed by atoms with Gasteiger partial charge in [-0.25, -0.2) is 0 Å². The van der Waals surface area contributed by atoms with Crippen LogP contribution < -0.4 is 14.8 Å². The Kier molecular flexibility index (Phi) is 7.31. The summed E-state index contributed by atoms with van der Waals surface area (Å²) in [7, 11) is 3.24. The van der Waals surface area contributed by atoms with E-state index < -0.39 is 0 Å². The van der Waals surface area contributed by atoms with Gasteiger partial charge < -0.3 is 14.8 Å². The summed E-state index contributed by atoms with van der Waals surface area (Å²) in [5.74, 6) is 1.38. The normalized spacial score (nSPS) is 14.5. The highest BCUT2D eigenvalue weighted by atomic mass is 16.5. The lowest BCUT2D eigenvalue weighted by Gasteiger charge is -2.26. The molecule has 0 bridgehead atoms. The number of piperidine rings is 1. The van der Waals surface area contributed by atoms with Crippen LogP contribution in [0.25, 0.3) is 0 Å². The molecule has 2 aromatic carbocycles. The number of ether oxygens (including phenoxy) is 2. The van der Waals surface area contributed by atoms with Gasteiger partial charge in [0.25, 0.3) is 5.91 Å². The van der Waals surface area contributed by atoms with E-state index in [1.165, 1.54) is 37.9 Å². The number of likely N-dealkylation sites (tertiary alicyclic amines) is 1. The number of methoxy groups -OCH3 is 2. The number of nitrogens with one attached hydrogen (secondary N) is 1. The van der Waals surface area contributed by atoms with Gasteiger partial charge in [-0.05, 0) is 67.7 Å². The molecule has 1 saturated heterocycles. The minimum Gasteiger partial charge on any atom is -0.493 e. The Morgan fingerprint density at radius 1 is 0.929 bits per heavy atom. The van der Waals surface area contributed by atoms with Crippen molar-refractivity contribution in [3.63, 3.8) is 0 Å². The molecule has 1 fully saturated rings. The Morgan fingerprint density at radius 3 is 2.29 bits per heavy atom. The first-order valence-corrected chi connectivity index (χ1v) is 10.00. The zero-order chi connectivity index (χ0) is 19.8. The van der Waals surface area contributed by atoms with E-state index in [0.29, 0.717) is 23.6 Å². The van der Waals surface area contributed by atoms with Crippen molar-refractivity contribution in [1.82, 2.24) is 10.2 Å². The molecule has 2 aromatic rings. The molecule has 1 amide bonds. The quantitative estimate of drug-likeness (QED) is 0.757. The maximum absolute atomic E-state index is 12.4. The SMILES string of the molecule is COc1ccc(CCNC(=O)c2ccc(CN3CCCCC3)cc2)cc1OC. The van der Waals surface area contributed by atoms with Gasteiger partial charge in [0.2, 0.25) is 0 Å². The average Bonchev–Trinajstić information content (AvgIpc) is 2.74. The van der Waals surface area contributed by atoms with Gasteiger partial charge in [-0.15, -0.1) is 0 Å². The van der Waals surface area contributed by atoms with Crippen LogP contribution in [0.1, 0.15) is 40.7 Å². The maximum Gasteiger partial charge on any atom is 0.251 e. The molecule has 1 aliphatic heterocycles. The molecule has 1 heterocycles. The van der Waals surface area contributed by atoms with E-state index in [-0.39, 0.29) is 5.91 Å². The molecule has 0 aliphatic carbocycles. The van der Waals surface area contributed by atoms with Crippen LogP contribution in [-0.4, -0.2) is 44.7 Å². The van der Waals surface area contributed by atoms with Crippen molar-refractivity contribution >= 4 is 5.91 Å². The van der Waals surface area contributed by atoms with E-state index in [4.69, 9.17) is 9.47 Å². The van der Waals surface area contributed by atoms with E-state index in [9.17, 15) is 4.79 Å². The Labute approximate surface area is 167 Å². The molecule has 0 atom stereocenters. The molecule has 5 heteroatoms. The second-order valence-electron chi connectivity index (χ2n) is 7.23. The third-order valence-corrected chi connectivity index (χ3v) is 5.22. The second kappa shape index (κ2) is 10.1. The Hall–Kier alpha value is -2.53. The summed E-state index contributed by atoms with van der Waals surface area (Å²) in [6.07, 6.45) is 4.67. The predicted molar refractivity (Wildman–Crippen MR) is 111 cm³/mol. The molecule has 1 aliphatic rings. The zero-order valence-electron chi connectivity index (χ0n) is 16.9. The van der Waals surface area contributed by atoms with E-state index in [1.54, 1.807) is 14.2 Å². The first kappa shape index (κ1) is 20.2. The topological polar surface area (TPSA) is 50.8 Å². The highest BCUT2D eigenvalue weighted by Crippen LogP contribution is 2.27. The smallest absolute Gasteiger partial charge is 0.251 e. The number of hydrogen-bond donors (Lipinski definition) is 1. The predicted octanol–water partition coefficient (Wildman–Crippen LogP) is 3.66. The second-order valence-corrected chi connectivity index (χ2v) is 7.23. The van der Waals surface area contributed by atoms with Gasteiger partial charge in [-0.2, -0.15) is 0 Å². The number of benzene rings is 2. The van der Waals surface area contributed by atoms with Crippen molar-refractivity contribution in [3.8, 4) is 11.5 Å². The summed E-state index contributed by atoms with van der Waals surface area (Å²) >= 11 is 0. The van der Waals surface area contributed by atoms with Crippen LogP contribution in [0.5, 0.6) is 11.5 Å². The lowest BCUT2D eigenvalue weighted by molar-refractivity contribution is 0.0954. The molecular weight excluding hydrogens is 352 g/mol. The number of carbonyl (C=O) groups excluding carboxylic acids is 1. The van der Waals surface area contributed by atoms with Gasteiger partial charge in [0.05, 0.1) is 14.2 Å². The third kappa shape index (κ3) is 5.49. The molecule has 0 radical (unpaired) electrons. The first-order chi connectivity index (χ1) is 13.7. The summed E-state index contributed by atoms with van der Waals surface area (Å²) < 4.78 is 10.6. The van der Waals surface area contributed by atoms with Crippen LogP contribution in [0.15, 0.2) is 42.5 Å². The number of rotatable bonds is 8. The van der Waals surface area contributed by atoms with Gasteiger partial charge in [-0.3, -0.25) is 9.69 Å². The van der Waals surface area contributed by atoms with Crippen LogP contribution in [-0.2, 0) is 13.0 Å². The van der Waals surface area contributed by atoms with Crippen molar-refractivity contribution in [3.05, 3.63) is 59.2 Å². The number of hydrogen-bond acceptors (Lipinski definition) is 4. The van der Waals surface area contributed by atoms with Crippen LogP contribution in [0.4, 0.5) is 0 Å². The molecule has 0 spiro atoms. The summed E-state index contributed by atoms with van der Waals surface area (Å²) in [4.78, 5) is 14.9. The fourth-order valence-electron chi connectivity index (χ4n) is 3.60. The molecule has 0 saturated carbocycles. The van der Waals surface area contributed by atoms with Gasteiger partial charge in [0, 0.05) is 18.7 Å². The fraction of sp³-hybridized carbons (Fsp3) is 0.435. The lowest BCUT2D eigenvalue weighted by atomic mass is 10.1. The highest BCUT2D eigenvalue weighted by molar-refractivity contribution is 5.94. The molecule has 0 aromatic heterocycles. The molecule has 5 nitrogen and oxygen atoms in total. The summed E-state index contributed by atoms with van der Waals surface area (Å²) in [5, 5.41) is 2.99. The fourth-order valence-corrected chi connectivity index (χ4v) is 3.60. The molecular formula is C23H30N2O3. The Morgan fingerprint density at radius 2 is 1.61 bits per heavy atom. The van der Waals surface area contributed by atoms with Crippen molar-refractivity contribution in [2.45, 2.75) is 32.2 Å². The lowest BCUT2D eigenvalue weighted by Crippen LogP contribution is -2.29. The molecule has 1 N–H and O–H groups in total. The van der Waals surface area contributed by atoms with E-state index in [2.05, 4.69) is 22.3 Å². The summed E-state index contributed by atoms with van der Waals surface area (Å²) in [6, 6.07) is 13.8. The first-order valence-electron chi connectivity index (χ1n) is 10.00. The monoisotopic (exact) mass is 382 g/mol. The minimum absolute atomic E-state index is 0.0370. The standard InChI is InChI=1S/C23H30N2O3/c1-27-21-11-8-18(16-22(21)28-2)12-13-24-23(26)20-9-6-19(7-10-20)17-25-14-4-3-5-15-25/h6-11,16H,3-5,12-15,17H2,1-2H3,(H,24,26).